The molecule has 3 heterocycles. The van der Waals surface area contributed by atoms with Gasteiger partial charge in [0.2, 0.25) is 21.7 Å². The highest BCUT2D eigenvalue weighted by Gasteiger charge is 2.41. The van der Waals surface area contributed by atoms with Crippen molar-refractivity contribution >= 4 is 16.0 Å². The molecule has 34 heavy (non-hydrogen) atoms. The summed E-state index contributed by atoms with van der Waals surface area (Å²) >= 11 is 0. The Kier molecular flexibility index (Phi) is 7.08. The zero-order valence-corrected chi connectivity index (χ0v) is 20.3. The Morgan fingerprint density at radius 1 is 1.24 bits per heavy atom. The number of esters is 1. The highest BCUT2D eigenvalue weighted by atomic mass is 32.2. The minimum absolute atomic E-state index is 0.135. The maximum atomic E-state index is 13.4. The lowest BCUT2D eigenvalue weighted by atomic mass is 10.1. The van der Waals surface area contributed by atoms with Gasteiger partial charge in [-0.05, 0) is 63.3 Å². The van der Waals surface area contributed by atoms with Crippen LogP contribution < -0.4 is 0 Å². The molecule has 1 aliphatic heterocycles. The molecular weight excluding hydrogens is 456 g/mol. The van der Waals surface area contributed by atoms with Crippen LogP contribution in [0.4, 0.5) is 0 Å². The standard InChI is InChI=1S/C24H28N4O5S/c1-16-13-17(2)22(18(3)14-16)34(30,31)28-11-5-8-20(28)24(29)32-12-6-9-21-26-23(27-33-21)19-7-4-10-25-15-19/h4,7,10,13-15,20H,5-6,8-9,11-12H2,1-3H3. The summed E-state index contributed by atoms with van der Waals surface area (Å²) < 4.78 is 38.8. The number of pyridine rings is 1. The number of rotatable bonds is 8. The van der Waals surface area contributed by atoms with E-state index in [0.29, 0.717) is 55.1 Å². The molecule has 0 bridgehead atoms. The van der Waals surface area contributed by atoms with Crippen molar-refractivity contribution in [3.63, 3.8) is 0 Å². The van der Waals surface area contributed by atoms with Crippen molar-refractivity contribution in [3.8, 4) is 11.4 Å². The van der Waals surface area contributed by atoms with E-state index in [1.807, 2.05) is 25.1 Å². The predicted octanol–water partition coefficient (Wildman–Crippen LogP) is 3.39. The van der Waals surface area contributed by atoms with Gasteiger partial charge >= 0.3 is 5.97 Å². The van der Waals surface area contributed by atoms with Crippen LogP contribution in [0.15, 0.2) is 46.1 Å². The Labute approximate surface area is 199 Å². The summed E-state index contributed by atoms with van der Waals surface area (Å²) in [5, 5.41) is 3.94. The monoisotopic (exact) mass is 484 g/mol. The second kappa shape index (κ2) is 10.0. The molecule has 0 amide bonds. The first-order chi connectivity index (χ1) is 16.3. The first kappa shape index (κ1) is 24.0. The zero-order valence-electron chi connectivity index (χ0n) is 19.5. The maximum Gasteiger partial charge on any atom is 0.324 e. The van der Waals surface area contributed by atoms with Gasteiger partial charge in [-0.3, -0.25) is 9.78 Å². The molecule has 10 heteroatoms. The van der Waals surface area contributed by atoms with Gasteiger partial charge in [0.1, 0.15) is 6.04 Å². The summed E-state index contributed by atoms with van der Waals surface area (Å²) in [5.41, 5.74) is 3.12. The van der Waals surface area contributed by atoms with E-state index in [9.17, 15) is 13.2 Å². The van der Waals surface area contributed by atoms with Crippen LogP contribution in [0.3, 0.4) is 0 Å². The van der Waals surface area contributed by atoms with Gasteiger partial charge in [-0.1, -0.05) is 22.9 Å². The summed E-state index contributed by atoms with van der Waals surface area (Å²) in [7, 11) is -3.81. The molecule has 1 unspecified atom stereocenters. The van der Waals surface area contributed by atoms with E-state index < -0.39 is 22.0 Å². The third kappa shape index (κ3) is 5.02. The van der Waals surface area contributed by atoms with Gasteiger partial charge in [-0.2, -0.15) is 9.29 Å². The molecule has 3 aromatic rings. The van der Waals surface area contributed by atoms with Crippen LogP contribution in [-0.4, -0.2) is 53.0 Å². The summed E-state index contributed by atoms with van der Waals surface area (Å²) in [6.45, 7) is 5.94. The van der Waals surface area contributed by atoms with Crippen molar-refractivity contribution < 1.29 is 22.5 Å². The molecule has 0 radical (unpaired) electrons. The number of hydrogen-bond acceptors (Lipinski definition) is 8. The fourth-order valence-electron chi connectivity index (χ4n) is 4.42. The molecule has 0 spiro atoms. The van der Waals surface area contributed by atoms with Gasteiger partial charge in [-0.15, -0.1) is 0 Å². The molecule has 0 saturated carbocycles. The molecule has 0 N–H and O–H groups in total. The van der Waals surface area contributed by atoms with Gasteiger partial charge in [0, 0.05) is 30.9 Å². The van der Waals surface area contributed by atoms with Gasteiger partial charge in [0.05, 0.1) is 11.5 Å². The van der Waals surface area contributed by atoms with Gasteiger partial charge in [0.15, 0.2) is 0 Å². The topological polar surface area (TPSA) is 115 Å². The van der Waals surface area contributed by atoms with E-state index in [1.165, 1.54) is 4.31 Å². The first-order valence-electron chi connectivity index (χ1n) is 11.3. The van der Waals surface area contributed by atoms with E-state index in [1.54, 1.807) is 32.3 Å². The number of sulfonamides is 1. The molecule has 1 fully saturated rings. The predicted molar refractivity (Wildman–Crippen MR) is 124 cm³/mol. The summed E-state index contributed by atoms with van der Waals surface area (Å²) in [6, 6.07) is 6.51. The largest absolute Gasteiger partial charge is 0.464 e. The van der Waals surface area contributed by atoms with E-state index in [4.69, 9.17) is 9.26 Å². The van der Waals surface area contributed by atoms with Crippen molar-refractivity contribution in [1.29, 1.82) is 0 Å². The zero-order chi connectivity index (χ0) is 24.3. The second-order valence-electron chi connectivity index (χ2n) is 8.53. The number of hydrogen-bond donors (Lipinski definition) is 0. The van der Waals surface area contributed by atoms with Crippen molar-refractivity contribution in [3.05, 3.63) is 59.2 Å². The highest BCUT2D eigenvalue weighted by Crippen LogP contribution is 2.31. The number of ether oxygens (including phenoxy) is 1. The fourth-order valence-corrected chi connectivity index (χ4v) is 6.48. The summed E-state index contributed by atoms with van der Waals surface area (Å²) in [6.07, 6.45) is 5.29. The van der Waals surface area contributed by atoms with Crippen molar-refractivity contribution in [2.24, 2.45) is 0 Å². The maximum absolute atomic E-state index is 13.4. The molecule has 4 rings (SSSR count). The van der Waals surface area contributed by atoms with Crippen LogP contribution in [0.1, 0.15) is 41.8 Å². The fraction of sp³-hybridized carbons (Fsp3) is 0.417. The Balaban J connectivity index is 1.35. The van der Waals surface area contributed by atoms with Crippen LogP contribution in [0.2, 0.25) is 0 Å². The Hall–Kier alpha value is -3.11. The average Bonchev–Trinajstić information content (AvgIpc) is 3.47. The lowest BCUT2D eigenvalue weighted by Gasteiger charge is -2.24. The molecular formula is C24H28N4O5S. The van der Waals surface area contributed by atoms with E-state index in [0.717, 1.165) is 11.1 Å². The number of nitrogens with zero attached hydrogens (tertiary/aromatic N) is 4. The Bertz CT molecular complexity index is 1250. The molecule has 1 saturated heterocycles. The molecule has 0 aliphatic carbocycles. The van der Waals surface area contributed by atoms with E-state index in [2.05, 4.69) is 15.1 Å². The summed E-state index contributed by atoms with van der Waals surface area (Å²) in [5.74, 6) is 0.365. The van der Waals surface area contributed by atoms with Crippen molar-refractivity contribution in [2.75, 3.05) is 13.2 Å². The normalized spacial score (nSPS) is 16.6. The second-order valence-corrected chi connectivity index (χ2v) is 10.4. The van der Waals surface area contributed by atoms with Gasteiger partial charge < -0.3 is 9.26 Å². The van der Waals surface area contributed by atoms with Crippen LogP contribution in [0, 0.1) is 20.8 Å². The number of carbonyl (C=O) groups is 1. The molecule has 1 aliphatic rings. The molecule has 1 aromatic carbocycles. The average molecular weight is 485 g/mol. The number of aromatic nitrogens is 3. The molecule has 9 nitrogen and oxygen atoms in total. The lowest BCUT2D eigenvalue weighted by molar-refractivity contribution is -0.147. The minimum Gasteiger partial charge on any atom is -0.464 e. The highest BCUT2D eigenvalue weighted by molar-refractivity contribution is 7.89. The number of aryl methyl sites for hydroxylation is 4. The molecule has 1 atom stereocenters. The third-order valence-electron chi connectivity index (χ3n) is 5.81. The first-order valence-corrected chi connectivity index (χ1v) is 12.7. The van der Waals surface area contributed by atoms with E-state index >= 15 is 0 Å². The lowest BCUT2D eigenvalue weighted by Crippen LogP contribution is -2.41. The minimum atomic E-state index is -3.81. The Morgan fingerprint density at radius 3 is 2.71 bits per heavy atom. The summed E-state index contributed by atoms with van der Waals surface area (Å²) in [4.78, 5) is 21.4. The van der Waals surface area contributed by atoms with Crippen LogP contribution in [0.25, 0.3) is 11.4 Å². The number of carbonyl (C=O) groups excluding carboxylic acids is 1. The van der Waals surface area contributed by atoms with Crippen LogP contribution >= 0.6 is 0 Å². The number of benzene rings is 1. The van der Waals surface area contributed by atoms with Crippen LogP contribution in [0.5, 0.6) is 0 Å². The van der Waals surface area contributed by atoms with Crippen molar-refractivity contribution in [1.82, 2.24) is 19.4 Å². The van der Waals surface area contributed by atoms with Gasteiger partial charge in [-0.25, -0.2) is 8.42 Å². The Morgan fingerprint density at radius 2 is 2.00 bits per heavy atom. The smallest absolute Gasteiger partial charge is 0.324 e. The molecule has 180 valence electrons. The SMILES string of the molecule is Cc1cc(C)c(S(=O)(=O)N2CCCC2C(=O)OCCCc2nc(-c3cccnc3)no2)c(C)c1. The van der Waals surface area contributed by atoms with E-state index in [-0.39, 0.29) is 11.5 Å². The molecule has 2 aromatic heterocycles. The van der Waals surface area contributed by atoms with Gasteiger partial charge in [0.25, 0.3) is 0 Å². The third-order valence-corrected chi connectivity index (χ3v) is 8.03. The van der Waals surface area contributed by atoms with Crippen molar-refractivity contribution in [2.45, 2.75) is 57.4 Å². The quantitative estimate of drug-likeness (QED) is 0.353. The van der Waals surface area contributed by atoms with Crippen LogP contribution in [-0.2, 0) is 26.0 Å².